The summed E-state index contributed by atoms with van der Waals surface area (Å²) in [6, 6.07) is 2.20. The molecular weight excluding hydrogens is 210 g/mol. The summed E-state index contributed by atoms with van der Waals surface area (Å²) in [4.78, 5) is 5.23. The third-order valence-corrected chi connectivity index (χ3v) is 4.47. The summed E-state index contributed by atoms with van der Waals surface area (Å²) in [6.07, 6.45) is 9.36. The van der Waals surface area contributed by atoms with Crippen LogP contribution in [0.2, 0.25) is 0 Å². The molecule has 2 bridgehead atoms. The molecule has 0 saturated carbocycles. The zero-order valence-corrected chi connectivity index (χ0v) is 11.2. The van der Waals surface area contributed by atoms with Crippen molar-refractivity contribution in [3.05, 3.63) is 0 Å². The van der Waals surface area contributed by atoms with E-state index in [-0.39, 0.29) is 0 Å². The molecule has 0 radical (unpaired) electrons. The number of hydrogen-bond acceptors (Lipinski definition) is 3. The summed E-state index contributed by atoms with van der Waals surface area (Å²) in [5, 5.41) is 3.32. The summed E-state index contributed by atoms with van der Waals surface area (Å²) in [7, 11) is 2.30. The molecule has 2 heterocycles. The lowest BCUT2D eigenvalue weighted by molar-refractivity contribution is 0.179. The van der Waals surface area contributed by atoms with Crippen LogP contribution in [0.4, 0.5) is 0 Å². The molecule has 2 aliphatic heterocycles. The fourth-order valence-electron chi connectivity index (χ4n) is 3.22. The third-order valence-electron chi connectivity index (χ3n) is 4.47. The van der Waals surface area contributed by atoms with E-state index >= 15 is 0 Å². The second kappa shape index (κ2) is 5.86. The molecule has 3 heteroatoms. The molecule has 3 atom stereocenters. The van der Waals surface area contributed by atoms with Crippen LogP contribution in [0.1, 0.15) is 26.2 Å². The topological polar surface area (TPSA) is 18.5 Å². The Morgan fingerprint density at radius 3 is 2.88 bits per heavy atom. The molecule has 2 rings (SSSR count). The smallest absolute Gasteiger partial charge is 0.0574 e. The zero-order valence-electron chi connectivity index (χ0n) is 11.2. The largest absolute Gasteiger partial charge is 0.305 e. The van der Waals surface area contributed by atoms with E-state index in [9.17, 15) is 0 Å². The minimum atomic E-state index is 0.594. The molecule has 1 N–H and O–H groups in total. The summed E-state index contributed by atoms with van der Waals surface area (Å²) in [5.41, 5.74) is 0. The van der Waals surface area contributed by atoms with Gasteiger partial charge in [-0.25, -0.2) is 0 Å². The summed E-state index contributed by atoms with van der Waals surface area (Å²) in [6.45, 7) is 6.47. The first kappa shape index (κ1) is 12.9. The second-order valence-electron chi connectivity index (χ2n) is 5.52. The van der Waals surface area contributed by atoms with Gasteiger partial charge in [0.05, 0.1) is 6.54 Å². The highest BCUT2D eigenvalue weighted by Crippen LogP contribution is 2.28. The zero-order chi connectivity index (χ0) is 12.3. The van der Waals surface area contributed by atoms with Crippen molar-refractivity contribution in [2.24, 2.45) is 0 Å². The number of likely N-dealkylation sites (tertiary alicyclic amines) is 1. The van der Waals surface area contributed by atoms with Gasteiger partial charge in [-0.15, -0.1) is 6.42 Å². The van der Waals surface area contributed by atoms with Crippen molar-refractivity contribution in [3.8, 4) is 12.3 Å². The van der Waals surface area contributed by atoms with Gasteiger partial charge in [-0.1, -0.05) is 5.92 Å². The predicted molar refractivity (Wildman–Crippen MR) is 71.9 cm³/mol. The van der Waals surface area contributed by atoms with Crippen molar-refractivity contribution in [2.75, 3.05) is 33.2 Å². The summed E-state index contributed by atoms with van der Waals surface area (Å²) < 4.78 is 0. The van der Waals surface area contributed by atoms with E-state index < -0.39 is 0 Å². The molecule has 2 fully saturated rings. The summed E-state index contributed by atoms with van der Waals surface area (Å²) in [5.74, 6) is 2.63. The average Bonchev–Trinajstić information content (AvgIpc) is 2.53. The van der Waals surface area contributed by atoms with E-state index in [0.717, 1.165) is 18.6 Å². The van der Waals surface area contributed by atoms with Crippen LogP contribution in [0.5, 0.6) is 0 Å². The van der Waals surface area contributed by atoms with Crippen LogP contribution < -0.4 is 5.32 Å². The number of nitrogens with zero attached hydrogens (tertiary/aromatic N) is 2. The molecule has 0 aromatic carbocycles. The van der Waals surface area contributed by atoms with Crippen LogP contribution in [-0.4, -0.2) is 61.2 Å². The first-order valence-electron chi connectivity index (χ1n) is 6.82. The van der Waals surface area contributed by atoms with Crippen molar-refractivity contribution >= 4 is 0 Å². The third kappa shape index (κ3) is 3.01. The number of terminal acetylenes is 1. The van der Waals surface area contributed by atoms with Crippen molar-refractivity contribution < 1.29 is 0 Å². The molecule has 2 saturated heterocycles. The fraction of sp³-hybridized carbons (Fsp3) is 0.857. The molecule has 3 nitrogen and oxygen atoms in total. The predicted octanol–water partition coefficient (Wildman–Crippen LogP) is 0.766. The lowest BCUT2D eigenvalue weighted by atomic mass is 10.1. The van der Waals surface area contributed by atoms with Crippen LogP contribution in [0, 0.1) is 12.3 Å². The lowest BCUT2D eigenvalue weighted by Crippen LogP contribution is -2.45. The van der Waals surface area contributed by atoms with Crippen LogP contribution in [0.25, 0.3) is 0 Å². The second-order valence-corrected chi connectivity index (χ2v) is 5.52. The van der Waals surface area contributed by atoms with E-state index in [1.165, 1.54) is 32.4 Å². The van der Waals surface area contributed by atoms with Gasteiger partial charge in [0.1, 0.15) is 0 Å². The molecule has 3 unspecified atom stereocenters. The van der Waals surface area contributed by atoms with Gasteiger partial charge in [0.25, 0.3) is 0 Å². The Balaban J connectivity index is 1.84. The molecule has 2 aliphatic rings. The van der Waals surface area contributed by atoms with Gasteiger partial charge in [0, 0.05) is 37.8 Å². The first-order chi connectivity index (χ1) is 8.22. The number of hydrogen-bond donors (Lipinski definition) is 1. The standard InChI is InChI=1S/C14H25N3/c1-4-8-15-10-12(2)17-9-7-13-5-6-14(11-17)16(13)3/h1,12-15H,5-11H2,2-3H3. The first-order valence-corrected chi connectivity index (χ1v) is 6.82. The molecule has 0 spiro atoms. The maximum absolute atomic E-state index is 5.25. The van der Waals surface area contributed by atoms with Gasteiger partial charge >= 0.3 is 0 Å². The Morgan fingerprint density at radius 2 is 2.12 bits per heavy atom. The van der Waals surface area contributed by atoms with Crippen LogP contribution in [0.3, 0.4) is 0 Å². The molecule has 0 aromatic rings. The highest BCUT2D eigenvalue weighted by Gasteiger charge is 2.35. The van der Waals surface area contributed by atoms with Crippen molar-refractivity contribution in [1.82, 2.24) is 15.1 Å². The minimum Gasteiger partial charge on any atom is -0.305 e. The molecule has 0 amide bonds. The van der Waals surface area contributed by atoms with E-state index in [0.29, 0.717) is 12.6 Å². The van der Waals surface area contributed by atoms with Crippen LogP contribution >= 0.6 is 0 Å². The van der Waals surface area contributed by atoms with Gasteiger partial charge in [-0.3, -0.25) is 9.80 Å². The Kier molecular flexibility index (Phi) is 4.44. The monoisotopic (exact) mass is 235 g/mol. The number of fused-ring (bicyclic) bond motifs is 2. The molecule has 96 valence electrons. The maximum atomic E-state index is 5.25. The highest BCUT2D eigenvalue weighted by molar-refractivity contribution is 4.93. The molecule has 17 heavy (non-hydrogen) atoms. The van der Waals surface area contributed by atoms with Gasteiger partial charge in [0.2, 0.25) is 0 Å². The van der Waals surface area contributed by atoms with Crippen molar-refractivity contribution in [2.45, 2.75) is 44.3 Å². The van der Waals surface area contributed by atoms with Gasteiger partial charge in [-0.05, 0) is 33.2 Å². The SMILES string of the molecule is C#CCNCC(C)N1CCC2CCC(C1)N2C. The Bertz CT molecular complexity index is 284. The number of nitrogens with one attached hydrogen (secondary N) is 1. The van der Waals surface area contributed by atoms with E-state index in [1.807, 2.05) is 0 Å². The molecule has 0 aliphatic carbocycles. The normalized spacial score (nSPS) is 32.1. The fourth-order valence-corrected chi connectivity index (χ4v) is 3.22. The van der Waals surface area contributed by atoms with E-state index in [1.54, 1.807) is 0 Å². The van der Waals surface area contributed by atoms with Crippen molar-refractivity contribution in [3.63, 3.8) is 0 Å². The molecular formula is C14H25N3. The van der Waals surface area contributed by atoms with Gasteiger partial charge < -0.3 is 5.32 Å². The van der Waals surface area contributed by atoms with Gasteiger partial charge in [-0.2, -0.15) is 0 Å². The molecule has 0 aromatic heterocycles. The Hall–Kier alpha value is -0.560. The van der Waals surface area contributed by atoms with Crippen LogP contribution in [0.15, 0.2) is 0 Å². The number of rotatable bonds is 4. The average molecular weight is 235 g/mol. The van der Waals surface area contributed by atoms with Gasteiger partial charge in [0.15, 0.2) is 0 Å². The number of likely N-dealkylation sites (N-methyl/N-ethyl adjacent to an activating group) is 1. The Morgan fingerprint density at radius 1 is 1.35 bits per heavy atom. The highest BCUT2D eigenvalue weighted by atomic mass is 15.3. The van der Waals surface area contributed by atoms with E-state index in [2.05, 4.69) is 35.0 Å². The minimum absolute atomic E-state index is 0.594. The Labute approximate surface area is 106 Å². The quantitative estimate of drug-likeness (QED) is 0.573. The van der Waals surface area contributed by atoms with Crippen molar-refractivity contribution in [1.29, 1.82) is 0 Å². The summed E-state index contributed by atoms with van der Waals surface area (Å²) >= 11 is 0. The van der Waals surface area contributed by atoms with Crippen LogP contribution in [-0.2, 0) is 0 Å². The lowest BCUT2D eigenvalue weighted by Gasteiger charge is -2.31. The van der Waals surface area contributed by atoms with E-state index in [4.69, 9.17) is 6.42 Å². The maximum Gasteiger partial charge on any atom is 0.0574 e.